The monoisotopic (exact) mass is 263 g/mol. The molecule has 1 aliphatic rings. The van der Waals surface area contributed by atoms with E-state index in [0.717, 1.165) is 12.8 Å². The Hall–Kier alpha value is -0.460. The summed E-state index contributed by atoms with van der Waals surface area (Å²) in [5.74, 6) is -0.125. The predicted octanol–water partition coefficient (Wildman–Crippen LogP) is 0.388. The van der Waals surface area contributed by atoms with Crippen molar-refractivity contribution in [3.05, 3.63) is 0 Å². The smallest absolute Gasteiger partial charge is 0.211 e. The van der Waals surface area contributed by atoms with E-state index < -0.39 is 16.1 Å². The topological polar surface area (TPSA) is 74.7 Å². The second kappa shape index (κ2) is 5.93. The van der Waals surface area contributed by atoms with Gasteiger partial charge >= 0.3 is 0 Å². The highest BCUT2D eigenvalue weighted by Crippen LogP contribution is 2.22. The fraction of sp³-hybridized carbons (Fsp3) is 0.909. The van der Waals surface area contributed by atoms with E-state index >= 15 is 0 Å². The van der Waals surface area contributed by atoms with Crippen molar-refractivity contribution in [2.75, 3.05) is 19.3 Å². The highest BCUT2D eigenvalue weighted by Gasteiger charge is 2.28. The SMILES string of the molecule is CCC(O)C(=O)CC1CCCN(S(C)(=O)=O)C1. The average molecular weight is 263 g/mol. The van der Waals surface area contributed by atoms with Crippen molar-refractivity contribution in [1.82, 2.24) is 4.31 Å². The van der Waals surface area contributed by atoms with Crippen molar-refractivity contribution in [2.24, 2.45) is 5.92 Å². The Morgan fingerprint density at radius 1 is 1.53 bits per heavy atom. The highest BCUT2D eigenvalue weighted by atomic mass is 32.2. The number of carbonyl (C=O) groups is 1. The number of Topliss-reactive ketones (excluding diaryl/α,β-unsaturated/α-hetero) is 1. The van der Waals surface area contributed by atoms with Crippen molar-refractivity contribution < 1.29 is 18.3 Å². The fourth-order valence-electron chi connectivity index (χ4n) is 2.14. The van der Waals surface area contributed by atoms with Crippen molar-refractivity contribution in [2.45, 2.75) is 38.7 Å². The van der Waals surface area contributed by atoms with Crippen LogP contribution in [-0.4, -0.2) is 49.1 Å². The predicted molar refractivity (Wildman–Crippen MR) is 65.1 cm³/mol. The van der Waals surface area contributed by atoms with Gasteiger partial charge in [0.1, 0.15) is 6.10 Å². The third-order valence-electron chi connectivity index (χ3n) is 3.20. The van der Waals surface area contributed by atoms with Crippen LogP contribution in [0.25, 0.3) is 0 Å². The first-order chi connectivity index (χ1) is 7.84. The first kappa shape index (κ1) is 14.6. The zero-order valence-corrected chi connectivity index (χ0v) is 11.2. The first-order valence-corrected chi connectivity index (χ1v) is 7.85. The molecule has 0 aromatic carbocycles. The van der Waals surface area contributed by atoms with Gasteiger partial charge in [-0.25, -0.2) is 12.7 Å². The molecule has 0 bridgehead atoms. The first-order valence-electron chi connectivity index (χ1n) is 6.00. The van der Waals surface area contributed by atoms with Gasteiger partial charge < -0.3 is 5.11 Å². The van der Waals surface area contributed by atoms with Crippen molar-refractivity contribution in [3.63, 3.8) is 0 Å². The molecular weight excluding hydrogens is 242 g/mol. The summed E-state index contributed by atoms with van der Waals surface area (Å²) in [6.07, 6.45) is 2.63. The van der Waals surface area contributed by atoms with E-state index in [0.29, 0.717) is 19.5 Å². The summed E-state index contributed by atoms with van der Waals surface area (Å²) in [7, 11) is -3.16. The maximum Gasteiger partial charge on any atom is 0.211 e. The standard InChI is InChI=1S/C11H21NO4S/c1-3-10(13)11(14)7-9-5-4-6-12(8-9)17(2,15)16/h9-10,13H,3-8H2,1-2H3. The lowest BCUT2D eigenvalue weighted by Crippen LogP contribution is -2.40. The van der Waals surface area contributed by atoms with Gasteiger partial charge in [0, 0.05) is 19.5 Å². The minimum absolute atomic E-state index is 0.0483. The Bertz CT molecular complexity index is 366. The molecule has 0 spiro atoms. The average Bonchev–Trinajstić information content (AvgIpc) is 2.27. The fourth-order valence-corrected chi connectivity index (χ4v) is 3.09. The largest absolute Gasteiger partial charge is 0.385 e. The Morgan fingerprint density at radius 2 is 2.18 bits per heavy atom. The summed E-state index contributed by atoms with van der Waals surface area (Å²) in [6, 6.07) is 0. The number of hydrogen-bond acceptors (Lipinski definition) is 4. The maximum absolute atomic E-state index is 11.6. The number of aliphatic hydroxyl groups is 1. The molecule has 1 fully saturated rings. The van der Waals surface area contributed by atoms with E-state index in [2.05, 4.69) is 0 Å². The molecule has 0 aromatic rings. The molecule has 1 heterocycles. The molecule has 0 saturated carbocycles. The lowest BCUT2D eigenvalue weighted by atomic mass is 9.92. The highest BCUT2D eigenvalue weighted by molar-refractivity contribution is 7.88. The lowest BCUT2D eigenvalue weighted by Gasteiger charge is -2.30. The second-order valence-corrected chi connectivity index (χ2v) is 6.71. The molecule has 5 nitrogen and oxygen atoms in total. The van der Waals surface area contributed by atoms with Crippen molar-refractivity contribution in [1.29, 1.82) is 0 Å². The molecular formula is C11H21NO4S. The molecule has 2 atom stereocenters. The van der Waals surface area contributed by atoms with Crippen LogP contribution in [0.2, 0.25) is 0 Å². The zero-order valence-electron chi connectivity index (χ0n) is 10.4. The summed E-state index contributed by atoms with van der Waals surface area (Å²) in [6.45, 7) is 2.70. The minimum Gasteiger partial charge on any atom is -0.385 e. The van der Waals surface area contributed by atoms with E-state index in [1.807, 2.05) is 0 Å². The van der Waals surface area contributed by atoms with E-state index in [9.17, 15) is 18.3 Å². The van der Waals surface area contributed by atoms with Crippen molar-refractivity contribution >= 4 is 15.8 Å². The van der Waals surface area contributed by atoms with E-state index in [1.54, 1.807) is 6.92 Å². The number of hydrogen-bond donors (Lipinski definition) is 1. The molecule has 1 saturated heterocycles. The van der Waals surface area contributed by atoms with Gasteiger partial charge in [-0.3, -0.25) is 4.79 Å². The quantitative estimate of drug-likeness (QED) is 0.778. The molecule has 2 unspecified atom stereocenters. The van der Waals surface area contributed by atoms with E-state index in [4.69, 9.17) is 0 Å². The molecule has 1 aliphatic heterocycles. The number of nitrogens with zero attached hydrogens (tertiary/aromatic N) is 1. The Morgan fingerprint density at radius 3 is 2.71 bits per heavy atom. The van der Waals surface area contributed by atoms with Gasteiger partial charge in [-0.2, -0.15) is 0 Å². The van der Waals surface area contributed by atoms with Crippen LogP contribution in [0.15, 0.2) is 0 Å². The molecule has 1 N–H and O–H groups in total. The summed E-state index contributed by atoms with van der Waals surface area (Å²) in [5, 5.41) is 9.40. The zero-order chi connectivity index (χ0) is 13.1. The molecule has 1 rings (SSSR count). The van der Waals surface area contributed by atoms with Crippen LogP contribution in [0.1, 0.15) is 32.6 Å². The lowest BCUT2D eigenvalue weighted by molar-refractivity contribution is -0.128. The van der Waals surface area contributed by atoms with E-state index in [-0.39, 0.29) is 18.1 Å². The van der Waals surface area contributed by atoms with E-state index in [1.165, 1.54) is 10.6 Å². The Labute approximate surface area is 103 Å². The number of piperidine rings is 1. The van der Waals surface area contributed by atoms with Gasteiger partial charge in [0.15, 0.2) is 5.78 Å². The normalized spacial score (nSPS) is 24.5. The molecule has 0 amide bonds. The van der Waals surface area contributed by atoms with Crippen LogP contribution in [0.3, 0.4) is 0 Å². The van der Waals surface area contributed by atoms with Crippen LogP contribution in [0.5, 0.6) is 0 Å². The molecule has 0 radical (unpaired) electrons. The number of sulfonamides is 1. The third kappa shape index (κ3) is 4.37. The van der Waals surface area contributed by atoms with Gasteiger partial charge in [-0.1, -0.05) is 6.92 Å². The van der Waals surface area contributed by atoms with Crippen molar-refractivity contribution in [3.8, 4) is 0 Å². The summed E-state index contributed by atoms with van der Waals surface area (Å²) in [5.41, 5.74) is 0. The molecule has 100 valence electrons. The molecule has 17 heavy (non-hydrogen) atoms. The number of ketones is 1. The summed E-state index contributed by atoms with van der Waals surface area (Å²) in [4.78, 5) is 11.6. The van der Waals surface area contributed by atoms with Crippen LogP contribution in [-0.2, 0) is 14.8 Å². The van der Waals surface area contributed by atoms with Gasteiger partial charge in [0.25, 0.3) is 0 Å². The van der Waals surface area contributed by atoms with Gasteiger partial charge in [0.05, 0.1) is 6.26 Å². The Balaban J connectivity index is 2.53. The summed E-state index contributed by atoms with van der Waals surface area (Å²) >= 11 is 0. The molecule has 0 aliphatic carbocycles. The van der Waals surface area contributed by atoms with Crippen LogP contribution in [0.4, 0.5) is 0 Å². The summed E-state index contributed by atoms with van der Waals surface area (Å²) < 4.78 is 24.2. The molecule has 6 heteroatoms. The Kier molecular flexibility index (Phi) is 5.09. The van der Waals surface area contributed by atoms with Gasteiger partial charge in [-0.05, 0) is 25.2 Å². The van der Waals surface area contributed by atoms with Crippen LogP contribution >= 0.6 is 0 Å². The van der Waals surface area contributed by atoms with Gasteiger partial charge in [-0.15, -0.1) is 0 Å². The van der Waals surface area contributed by atoms with Crippen LogP contribution in [0, 0.1) is 5.92 Å². The number of rotatable bonds is 5. The maximum atomic E-state index is 11.6. The van der Waals surface area contributed by atoms with Crippen LogP contribution < -0.4 is 0 Å². The van der Waals surface area contributed by atoms with Gasteiger partial charge in [0.2, 0.25) is 10.0 Å². The second-order valence-electron chi connectivity index (χ2n) is 4.72. The third-order valence-corrected chi connectivity index (χ3v) is 4.47. The number of aliphatic hydroxyl groups excluding tert-OH is 1. The number of carbonyl (C=O) groups excluding carboxylic acids is 1. The molecule has 0 aromatic heterocycles. The minimum atomic E-state index is -3.16.